The summed E-state index contributed by atoms with van der Waals surface area (Å²) in [7, 11) is 0. The Morgan fingerprint density at radius 2 is 1.60 bits per heavy atom. The van der Waals surface area contributed by atoms with Gasteiger partial charge in [0.25, 0.3) is 0 Å². The molecule has 0 amide bonds. The molecule has 60 valence electrons. The van der Waals surface area contributed by atoms with Gasteiger partial charge in [-0.2, -0.15) is 0 Å². The van der Waals surface area contributed by atoms with Crippen LogP contribution in [0.5, 0.6) is 0 Å². The van der Waals surface area contributed by atoms with E-state index in [0.717, 1.165) is 12.3 Å². The summed E-state index contributed by atoms with van der Waals surface area (Å²) >= 11 is 0. The second kappa shape index (κ2) is 3.38. The Morgan fingerprint density at radius 3 is 2.30 bits per heavy atom. The van der Waals surface area contributed by atoms with Crippen molar-refractivity contribution in [3.63, 3.8) is 0 Å². The van der Waals surface area contributed by atoms with E-state index in [9.17, 15) is 5.11 Å². The first-order valence-corrected chi connectivity index (χ1v) is 4.38. The molecule has 0 unspecified atom stereocenters. The summed E-state index contributed by atoms with van der Waals surface area (Å²) in [5, 5.41) is 9.48. The van der Waals surface area contributed by atoms with Crippen molar-refractivity contribution in [3.05, 3.63) is 0 Å². The molecule has 1 rings (SSSR count). The Kier molecular flexibility index (Phi) is 2.72. The van der Waals surface area contributed by atoms with Crippen molar-refractivity contribution in [3.8, 4) is 0 Å². The zero-order chi connectivity index (χ0) is 7.56. The lowest BCUT2D eigenvalue weighted by Crippen LogP contribution is -2.14. The highest BCUT2D eigenvalue weighted by molar-refractivity contribution is 4.71. The second-order valence-electron chi connectivity index (χ2n) is 3.80. The predicted molar refractivity (Wildman–Crippen MR) is 42.8 cm³/mol. The summed E-state index contributed by atoms with van der Waals surface area (Å²) in [5.74, 6) is 1.37. The van der Waals surface area contributed by atoms with Crippen molar-refractivity contribution in [2.75, 3.05) is 0 Å². The molecule has 3 atom stereocenters. The molecular weight excluding hydrogens is 124 g/mol. The maximum Gasteiger partial charge on any atom is 0.0565 e. The summed E-state index contributed by atoms with van der Waals surface area (Å²) in [6, 6.07) is 0. The average molecular weight is 142 g/mol. The highest BCUT2D eigenvalue weighted by Crippen LogP contribution is 2.26. The molecule has 0 bridgehead atoms. The van der Waals surface area contributed by atoms with Crippen molar-refractivity contribution in [1.29, 1.82) is 0 Å². The van der Waals surface area contributed by atoms with Crippen molar-refractivity contribution < 1.29 is 5.11 Å². The van der Waals surface area contributed by atoms with Crippen LogP contribution in [-0.4, -0.2) is 11.2 Å². The van der Waals surface area contributed by atoms with Gasteiger partial charge in [-0.05, 0) is 31.1 Å². The fraction of sp³-hybridized carbons (Fsp3) is 1.00. The van der Waals surface area contributed by atoms with Crippen LogP contribution in [0, 0.1) is 11.8 Å². The van der Waals surface area contributed by atoms with Gasteiger partial charge in [0.1, 0.15) is 0 Å². The van der Waals surface area contributed by atoms with Crippen molar-refractivity contribution in [2.45, 2.75) is 45.6 Å². The van der Waals surface area contributed by atoms with Crippen LogP contribution in [0.2, 0.25) is 0 Å². The van der Waals surface area contributed by atoms with Gasteiger partial charge in [-0.3, -0.25) is 0 Å². The maximum atomic E-state index is 9.48. The Balaban J connectivity index is 2.38. The highest BCUT2D eigenvalue weighted by Gasteiger charge is 2.19. The monoisotopic (exact) mass is 142 g/mol. The van der Waals surface area contributed by atoms with Crippen LogP contribution in [0.15, 0.2) is 0 Å². The van der Waals surface area contributed by atoms with Gasteiger partial charge >= 0.3 is 0 Å². The maximum absolute atomic E-state index is 9.48. The van der Waals surface area contributed by atoms with Crippen LogP contribution in [0.1, 0.15) is 39.5 Å². The molecule has 1 aliphatic carbocycles. The average Bonchev–Trinajstić information content (AvgIpc) is 2.04. The largest absolute Gasteiger partial charge is 0.393 e. The van der Waals surface area contributed by atoms with Crippen LogP contribution in [0.3, 0.4) is 0 Å². The van der Waals surface area contributed by atoms with E-state index in [1.165, 1.54) is 19.3 Å². The molecule has 1 fully saturated rings. The van der Waals surface area contributed by atoms with Crippen LogP contribution in [-0.2, 0) is 0 Å². The number of aliphatic hydroxyl groups is 1. The molecule has 0 heterocycles. The summed E-state index contributed by atoms with van der Waals surface area (Å²) in [6.07, 6.45) is 4.72. The van der Waals surface area contributed by atoms with Gasteiger partial charge in [0, 0.05) is 0 Å². The summed E-state index contributed by atoms with van der Waals surface area (Å²) in [5.41, 5.74) is 0. The van der Waals surface area contributed by atoms with Crippen LogP contribution >= 0.6 is 0 Å². The Labute approximate surface area is 63.4 Å². The lowest BCUT2D eigenvalue weighted by atomic mass is 10.00. The van der Waals surface area contributed by atoms with Crippen molar-refractivity contribution in [1.82, 2.24) is 0 Å². The van der Waals surface area contributed by atoms with E-state index in [-0.39, 0.29) is 6.10 Å². The van der Waals surface area contributed by atoms with Crippen LogP contribution in [0.4, 0.5) is 0 Å². The Hall–Kier alpha value is -0.0400. The van der Waals surface area contributed by atoms with Crippen molar-refractivity contribution >= 4 is 0 Å². The minimum Gasteiger partial charge on any atom is -0.393 e. The SMILES string of the molecule is C[C@@H]1CC[C@@H](C)[C@H](O)CC1. The molecule has 1 aliphatic rings. The molecule has 0 aromatic heterocycles. The molecule has 0 aromatic carbocycles. The molecule has 0 spiro atoms. The molecule has 1 nitrogen and oxygen atoms in total. The predicted octanol–water partition coefficient (Wildman–Crippen LogP) is 2.19. The molecule has 0 aliphatic heterocycles. The minimum absolute atomic E-state index is 0.0232. The van der Waals surface area contributed by atoms with Gasteiger partial charge in [-0.1, -0.05) is 20.3 Å². The third kappa shape index (κ3) is 1.98. The molecule has 1 heteroatoms. The molecular formula is C9H18O. The van der Waals surface area contributed by atoms with Gasteiger partial charge in [0.2, 0.25) is 0 Å². The zero-order valence-electron chi connectivity index (χ0n) is 7.01. The molecule has 0 saturated heterocycles. The van der Waals surface area contributed by atoms with E-state index in [1.807, 2.05) is 0 Å². The Bertz CT molecular complexity index is 88.9. The standard InChI is InChI=1S/C9H18O/c1-7-3-5-8(2)9(10)6-4-7/h7-10H,3-6H2,1-2H3/t7-,8-,9-/m1/s1. The lowest BCUT2D eigenvalue weighted by Gasteiger charge is -2.13. The Morgan fingerprint density at radius 1 is 1.00 bits per heavy atom. The number of hydrogen-bond donors (Lipinski definition) is 1. The summed E-state index contributed by atoms with van der Waals surface area (Å²) in [4.78, 5) is 0. The fourth-order valence-corrected chi connectivity index (χ4v) is 1.62. The molecule has 0 aromatic rings. The number of aliphatic hydroxyl groups excluding tert-OH is 1. The molecule has 1 saturated carbocycles. The third-order valence-electron chi connectivity index (χ3n) is 2.73. The zero-order valence-corrected chi connectivity index (χ0v) is 7.01. The fourth-order valence-electron chi connectivity index (χ4n) is 1.62. The second-order valence-corrected chi connectivity index (χ2v) is 3.80. The first kappa shape index (κ1) is 8.06. The van der Waals surface area contributed by atoms with Crippen molar-refractivity contribution in [2.24, 2.45) is 11.8 Å². The number of hydrogen-bond acceptors (Lipinski definition) is 1. The topological polar surface area (TPSA) is 20.2 Å². The van der Waals surface area contributed by atoms with Gasteiger partial charge < -0.3 is 5.11 Å². The minimum atomic E-state index is -0.0232. The van der Waals surface area contributed by atoms with Gasteiger partial charge in [-0.15, -0.1) is 0 Å². The van der Waals surface area contributed by atoms with Crippen LogP contribution in [0.25, 0.3) is 0 Å². The smallest absolute Gasteiger partial charge is 0.0565 e. The summed E-state index contributed by atoms with van der Waals surface area (Å²) < 4.78 is 0. The van der Waals surface area contributed by atoms with E-state index in [1.54, 1.807) is 0 Å². The van der Waals surface area contributed by atoms with E-state index in [2.05, 4.69) is 13.8 Å². The van der Waals surface area contributed by atoms with E-state index in [0.29, 0.717) is 5.92 Å². The lowest BCUT2D eigenvalue weighted by molar-refractivity contribution is 0.109. The normalized spacial score (nSPS) is 42.9. The van der Waals surface area contributed by atoms with E-state index < -0.39 is 0 Å². The van der Waals surface area contributed by atoms with E-state index >= 15 is 0 Å². The first-order valence-electron chi connectivity index (χ1n) is 4.38. The molecule has 10 heavy (non-hydrogen) atoms. The summed E-state index contributed by atoms with van der Waals surface area (Å²) in [6.45, 7) is 4.44. The first-order chi connectivity index (χ1) is 4.70. The quantitative estimate of drug-likeness (QED) is 0.514. The highest BCUT2D eigenvalue weighted by atomic mass is 16.3. The van der Waals surface area contributed by atoms with Gasteiger partial charge in [0.05, 0.1) is 6.10 Å². The molecule has 1 N–H and O–H groups in total. The van der Waals surface area contributed by atoms with Gasteiger partial charge in [-0.25, -0.2) is 0 Å². The van der Waals surface area contributed by atoms with Gasteiger partial charge in [0.15, 0.2) is 0 Å². The van der Waals surface area contributed by atoms with Crippen LogP contribution < -0.4 is 0 Å². The number of rotatable bonds is 0. The molecule has 0 radical (unpaired) electrons. The third-order valence-corrected chi connectivity index (χ3v) is 2.73. The van der Waals surface area contributed by atoms with E-state index in [4.69, 9.17) is 0 Å².